The lowest BCUT2D eigenvalue weighted by Gasteiger charge is -2.16. The van der Waals surface area contributed by atoms with Crippen LogP contribution in [-0.2, 0) is 19.4 Å². The number of hydrogen-bond donors (Lipinski definition) is 1. The quantitative estimate of drug-likeness (QED) is 0.787. The molecular formula is C14H25F2N3. The lowest BCUT2D eigenvalue weighted by Crippen LogP contribution is -2.21. The number of nitrogens with one attached hydrogen (secondary N) is 1. The van der Waals surface area contributed by atoms with Crippen molar-refractivity contribution in [2.45, 2.75) is 66.0 Å². The van der Waals surface area contributed by atoms with Crippen LogP contribution in [0.5, 0.6) is 0 Å². The Morgan fingerprint density at radius 3 is 2.37 bits per heavy atom. The molecule has 1 aromatic rings. The fraction of sp³-hybridized carbons (Fsp3) is 0.786. The van der Waals surface area contributed by atoms with Crippen molar-refractivity contribution in [2.75, 3.05) is 6.54 Å². The van der Waals surface area contributed by atoms with Gasteiger partial charge in [0.1, 0.15) is 6.54 Å². The Kier molecular flexibility index (Phi) is 6.42. The minimum atomic E-state index is -2.36. The first-order valence-corrected chi connectivity index (χ1v) is 7.14. The molecular weight excluding hydrogens is 248 g/mol. The first kappa shape index (κ1) is 16.1. The lowest BCUT2D eigenvalue weighted by atomic mass is 10.0. The maximum atomic E-state index is 12.6. The maximum Gasteiger partial charge on any atom is 0.257 e. The van der Waals surface area contributed by atoms with Crippen molar-refractivity contribution in [2.24, 2.45) is 0 Å². The average molecular weight is 273 g/mol. The van der Waals surface area contributed by atoms with E-state index in [0.29, 0.717) is 0 Å². The third-order valence-corrected chi connectivity index (χ3v) is 3.29. The molecule has 1 unspecified atom stereocenters. The SMILES string of the molecule is CCCNC(C)c1c(CC)nn(CC(F)F)c1CC. The second-order valence-corrected chi connectivity index (χ2v) is 4.76. The summed E-state index contributed by atoms with van der Waals surface area (Å²) < 4.78 is 26.7. The fourth-order valence-corrected chi connectivity index (χ4v) is 2.44. The standard InChI is InChI=1S/C14H25F2N3/c1-5-8-17-10(4)14-11(6-2)18-19(9-13(15)16)12(14)7-3/h10,13,17H,5-9H2,1-4H3. The van der Waals surface area contributed by atoms with Crippen molar-refractivity contribution in [3.8, 4) is 0 Å². The molecule has 1 heterocycles. The van der Waals surface area contributed by atoms with Crippen molar-refractivity contribution in [3.63, 3.8) is 0 Å². The number of halogens is 2. The topological polar surface area (TPSA) is 29.9 Å². The molecule has 5 heteroatoms. The Morgan fingerprint density at radius 1 is 1.21 bits per heavy atom. The van der Waals surface area contributed by atoms with Crippen LogP contribution in [0.2, 0.25) is 0 Å². The van der Waals surface area contributed by atoms with Crippen LogP contribution in [0.15, 0.2) is 0 Å². The van der Waals surface area contributed by atoms with Crippen LogP contribution in [0.4, 0.5) is 8.78 Å². The van der Waals surface area contributed by atoms with Gasteiger partial charge in [-0.1, -0.05) is 20.8 Å². The van der Waals surface area contributed by atoms with E-state index in [1.54, 1.807) is 0 Å². The monoisotopic (exact) mass is 273 g/mol. The number of aryl methyl sites for hydroxylation is 1. The van der Waals surface area contributed by atoms with Crippen LogP contribution in [0, 0.1) is 0 Å². The summed E-state index contributed by atoms with van der Waals surface area (Å²) in [6.07, 6.45) is 0.198. The van der Waals surface area contributed by atoms with Crippen LogP contribution in [-0.4, -0.2) is 22.8 Å². The summed E-state index contributed by atoms with van der Waals surface area (Å²) >= 11 is 0. The van der Waals surface area contributed by atoms with Crippen molar-refractivity contribution < 1.29 is 8.78 Å². The number of hydrogen-bond acceptors (Lipinski definition) is 2. The fourth-order valence-electron chi connectivity index (χ4n) is 2.44. The van der Waals surface area contributed by atoms with Crippen molar-refractivity contribution in [1.82, 2.24) is 15.1 Å². The first-order valence-electron chi connectivity index (χ1n) is 7.14. The molecule has 0 aromatic carbocycles. The highest BCUT2D eigenvalue weighted by molar-refractivity contribution is 5.30. The molecule has 1 aromatic heterocycles. The summed E-state index contributed by atoms with van der Waals surface area (Å²) in [7, 11) is 0. The highest BCUT2D eigenvalue weighted by Gasteiger charge is 2.21. The van der Waals surface area contributed by atoms with Crippen LogP contribution in [0.3, 0.4) is 0 Å². The summed E-state index contributed by atoms with van der Waals surface area (Å²) in [5.41, 5.74) is 2.99. The van der Waals surface area contributed by atoms with E-state index in [9.17, 15) is 8.78 Å². The van der Waals surface area contributed by atoms with Gasteiger partial charge in [-0.2, -0.15) is 5.10 Å². The molecule has 0 bridgehead atoms. The molecule has 0 saturated heterocycles. The zero-order valence-electron chi connectivity index (χ0n) is 12.3. The summed E-state index contributed by atoms with van der Waals surface area (Å²) in [6, 6.07) is 0.163. The Morgan fingerprint density at radius 2 is 1.89 bits per heavy atom. The molecule has 0 aliphatic carbocycles. The van der Waals surface area contributed by atoms with Gasteiger partial charge in [-0.3, -0.25) is 4.68 Å². The second kappa shape index (κ2) is 7.58. The molecule has 1 atom stereocenters. The minimum absolute atomic E-state index is 0.163. The van der Waals surface area contributed by atoms with Gasteiger partial charge in [0.25, 0.3) is 6.43 Å². The molecule has 0 saturated carbocycles. The van der Waals surface area contributed by atoms with Gasteiger partial charge >= 0.3 is 0 Å². The molecule has 0 aliphatic heterocycles. The van der Waals surface area contributed by atoms with Crippen LogP contribution in [0.25, 0.3) is 0 Å². The van der Waals surface area contributed by atoms with Crippen LogP contribution >= 0.6 is 0 Å². The number of alkyl halides is 2. The van der Waals surface area contributed by atoms with Crippen molar-refractivity contribution >= 4 is 0 Å². The van der Waals surface area contributed by atoms with Gasteiger partial charge in [-0.05, 0) is 32.7 Å². The van der Waals surface area contributed by atoms with E-state index in [2.05, 4.69) is 24.3 Å². The van der Waals surface area contributed by atoms with E-state index in [4.69, 9.17) is 0 Å². The molecule has 0 amide bonds. The smallest absolute Gasteiger partial charge is 0.257 e. The van der Waals surface area contributed by atoms with E-state index in [1.807, 2.05) is 13.8 Å². The van der Waals surface area contributed by atoms with Gasteiger partial charge in [0.2, 0.25) is 0 Å². The molecule has 1 N–H and O–H groups in total. The molecule has 0 fully saturated rings. The molecule has 0 spiro atoms. The predicted molar refractivity (Wildman–Crippen MR) is 73.7 cm³/mol. The van der Waals surface area contributed by atoms with Crippen LogP contribution in [0.1, 0.15) is 57.1 Å². The Labute approximate surface area is 114 Å². The highest BCUT2D eigenvalue weighted by Crippen LogP contribution is 2.24. The number of aromatic nitrogens is 2. The van der Waals surface area contributed by atoms with E-state index >= 15 is 0 Å². The van der Waals surface area contributed by atoms with Gasteiger partial charge in [-0.15, -0.1) is 0 Å². The maximum absolute atomic E-state index is 12.6. The van der Waals surface area contributed by atoms with Gasteiger partial charge in [0, 0.05) is 17.3 Å². The predicted octanol–water partition coefficient (Wildman–Crippen LogP) is 3.33. The summed E-state index contributed by atoms with van der Waals surface area (Å²) in [4.78, 5) is 0. The van der Waals surface area contributed by atoms with Crippen molar-refractivity contribution in [3.05, 3.63) is 17.0 Å². The molecule has 110 valence electrons. The van der Waals surface area contributed by atoms with E-state index < -0.39 is 6.43 Å². The molecule has 19 heavy (non-hydrogen) atoms. The lowest BCUT2D eigenvalue weighted by molar-refractivity contribution is 0.120. The largest absolute Gasteiger partial charge is 0.310 e. The van der Waals surface area contributed by atoms with Gasteiger partial charge in [-0.25, -0.2) is 8.78 Å². The molecule has 0 radical (unpaired) electrons. The molecule has 3 nitrogen and oxygen atoms in total. The zero-order valence-corrected chi connectivity index (χ0v) is 12.3. The van der Waals surface area contributed by atoms with Crippen molar-refractivity contribution in [1.29, 1.82) is 0 Å². The van der Waals surface area contributed by atoms with Crippen LogP contribution < -0.4 is 5.32 Å². The minimum Gasteiger partial charge on any atom is -0.310 e. The summed E-state index contributed by atoms with van der Waals surface area (Å²) in [6.45, 7) is 8.82. The first-order chi connectivity index (χ1) is 9.04. The van der Waals surface area contributed by atoms with E-state index in [-0.39, 0.29) is 12.6 Å². The number of rotatable bonds is 8. The van der Waals surface area contributed by atoms with Gasteiger partial charge in [0.05, 0.1) is 5.69 Å². The van der Waals surface area contributed by atoms with E-state index in [0.717, 1.165) is 42.8 Å². The Bertz CT molecular complexity index is 388. The third-order valence-electron chi connectivity index (χ3n) is 3.29. The highest BCUT2D eigenvalue weighted by atomic mass is 19.3. The summed E-state index contributed by atoms with van der Waals surface area (Å²) in [5, 5.41) is 7.79. The normalized spacial score (nSPS) is 13.2. The second-order valence-electron chi connectivity index (χ2n) is 4.76. The van der Waals surface area contributed by atoms with E-state index in [1.165, 1.54) is 4.68 Å². The molecule has 1 rings (SSSR count). The average Bonchev–Trinajstić information content (AvgIpc) is 2.72. The Balaban J connectivity index is 3.08. The Hall–Kier alpha value is -0.970. The number of nitrogens with zero attached hydrogens (tertiary/aromatic N) is 2. The van der Waals surface area contributed by atoms with Gasteiger partial charge in [0.15, 0.2) is 0 Å². The molecule has 0 aliphatic rings. The van der Waals surface area contributed by atoms with Gasteiger partial charge < -0.3 is 5.32 Å². The third kappa shape index (κ3) is 4.00. The summed E-state index contributed by atoms with van der Waals surface area (Å²) in [5.74, 6) is 0. The zero-order chi connectivity index (χ0) is 14.4.